The summed E-state index contributed by atoms with van der Waals surface area (Å²) >= 11 is 3.74. The molecule has 0 N–H and O–H groups in total. The zero-order chi connectivity index (χ0) is 34.2. The lowest BCUT2D eigenvalue weighted by Crippen LogP contribution is -2.10. The van der Waals surface area contributed by atoms with Gasteiger partial charge < -0.3 is 9.47 Å². The van der Waals surface area contributed by atoms with E-state index in [0.29, 0.717) is 0 Å². The fourth-order valence-corrected chi connectivity index (χ4v) is 10.4. The molecule has 244 valence electrons. The van der Waals surface area contributed by atoms with Crippen LogP contribution in [0, 0.1) is 0 Å². The van der Waals surface area contributed by atoms with Gasteiger partial charge in [-0.3, -0.25) is 0 Å². The summed E-state index contributed by atoms with van der Waals surface area (Å²) in [4.78, 5) is 2.42. The van der Waals surface area contributed by atoms with Crippen molar-refractivity contribution in [3.8, 4) is 16.8 Å². The van der Waals surface area contributed by atoms with Crippen LogP contribution in [0.3, 0.4) is 0 Å². The van der Waals surface area contributed by atoms with Crippen LogP contribution in [-0.2, 0) is 0 Å². The Balaban J connectivity index is 1.11. The molecule has 0 unspecified atom stereocenters. The minimum atomic E-state index is 1.12. The van der Waals surface area contributed by atoms with E-state index >= 15 is 0 Å². The number of aromatic nitrogens is 1. The highest BCUT2D eigenvalue weighted by Gasteiger charge is 2.19. The second-order valence-corrected chi connectivity index (χ2v) is 15.5. The Morgan fingerprint density at radius 3 is 1.75 bits per heavy atom. The molecule has 0 amide bonds. The molecule has 0 aliphatic rings. The summed E-state index contributed by atoms with van der Waals surface area (Å²) in [5.41, 5.74) is 9.42. The van der Waals surface area contributed by atoms with Crippen LogP contribution in [-0.4, -0.2) is 4.57 Å². The third-order valence-corrected chi connectivity index (χ3v) is 12.7. The average molecular weight is 699 g/mol. The molecule has 52 heavy (non-hydrogen) atoms. The Hall–Kier alpha value is -6.20. The van der Waals surface area contributed by atoms with Gasteiger partial charge >= 0.3 is 0 Å². The van der Waals surface area contributed by atoms with Gasteiger partial charge in [0.1, 0.15) is 0 Å². The van der Waals surface area contributed by atoms with Crippen LogP contribution in [0.4, 0.5) is 17.1 Å². The van der Waals surface area contributed by atoms with Crippen molar-refractivity contribution in [2.45, 2.75) is 0 Å². The molecule has 11 rings (SSSR count). The molecule has 0 fully saturated rings. The van der Waals surface area contributed by atoms with Crippen molar-refractivity contribution < 1.29 is 0 Å². The van der Waals surface area contributed by atoms with Crippen LogP contribution < -0.4 is 4.90 Å². The first-order chi connectivity index (χ1) is 25.8. The first-order valence-electron chi connectivity index (χ1n) is 17.6. The Morgan fingerprint density at radius 2 is 0.942 bits per heavy atom. The van der Waals surface area contributed by atoms with Crippen LogP contribution in [0.25, 0.3) is 79.0 Å². The second kappa shape index (κ2) is 11.7. The van der Waals surface area contributed by atoms with E-state index in [0.717, 1.165) is 22.7 Å². The molecular formula is C48H30N2S2. The third-order valence-electron chi connectivity index (χ3n) is 10.4. The lowest BCUT2D eigenvalue weighted by atomic mass is 10.0. The first kappa shape index (κ1) is 29.5. The Labute approximate surface area is 308 Å². The summed E-state index contributed by atoms with van der Waals surface area (Å²) in [7, 11) is 0. The predicted octanol–water partition coefficient (Wildman–Crippen LogP) is 14.7. The number of thiophene rings is 2. The maximum Gasteiger partial charge on any atom is 0.0561 e. The molecule has 0 aliphatic heterocycles. The highest BCUT2D eigenvalue weighted by Crippen LogP contribution is 2.44. The minimum absolute atomic E-state index is 1.12. The standard InChI is InChI=1S/C48H30N2S2/c1-2-11-32(12-3-1)50-43-18-7-4-13-37(43)38-27-25-34(29-44(38)50)49(35-26-28-41-39-14-5-8-19-45(39)51-47(41)30-35)33-23-21-31(22-24-33)36-16-10-17-42-40-15-6-9-20-46(40)52-48(36)42/h1-30H. The third kappa shape index (κ3) is 4.55. The summed E-state index contributed by atoms with van der Waals surface area (Å²) < 4.78 is 7.66. The number of hydrogen-bond acceptors (Lipinski definition) is 3. The van der Waals surface area contributed by atoms with Crippen molar-refractivity contribution in [3.63, 3.8) is 0 Å². The molecule has 0 saturated heterocycles. The van der Waals surface area contributed by atoms with E-state index in [9.17, 15) is 0 Å². The number of para-hydroxylation sites is 2. The maximum atomic E-state index is 2.42. The summed E-state index contributed by atoms with van der Waals surface area (Å²) in [5.74, 6) is 0. The number of rotatable bonds is 5. The number of nitrogens with zero attached hydrogens (tertiary/aromatic N) is 2. The van der Waals surface area contributed by atoms with Gasteiger partial charge in [-0.1, -0.05) is 115 Å². The van der Waals surface area contributed by atoms with Gasteiger partial charge in [0.25, 0.3) is 0 Å². The van der Waals surface area contributed by atoms with Gasteiger partial charge in [-0.05, 0) is 77.9 Å². The van der Waals surface area contributed by atoms with Crippen molar-refractivity contribution in [3.05, 3.63) is 182 Å². The van der Waals surface area contributed by atoms with Gasteiger partial charge in [-0.2, -0.15) is 0 Å². The largest absolute Gasteiger partial charge is 0.310 e. The number of fused-ring (bicyclic) bond motifs is 9. The van der Waals surface area contributed by atoms with Crippen LogP contribution in [0.15, 0.2) is 182 Å². The lowest BCUT2D eigenvalue weighted by molar-refractivity contribution is 1.18. The summed E-state index contributed by atoms with van der Waals surface area (Å²) in [5, 5.41) is 7.76. The Morgan fingerprint density at radius 1 is 0.365 bits per heavy atom. The molecule has 3 heterocycles. The molecular weight excluding hydrogens is 669 g/mol. The Bertz CT molecular complexity index is 3130. The van der Waals surface area contributed by atoms with E-state index in [4.69, 9.17) is 0 Å². The molecule has 0 radical (unpaired) electrons. The fraction of sp³-hybridized carbons (Fsp3) is 0. The molecule has 4 heteroatoms. The van der Waals surface area contributed by atoms with Crippen molar-refractivity contribution in [2.75, 3.05) is 4.90 Å². The van der Waals surface area contributed by atoms with E-state index in [2.05, 4.69) is 191 Å². The summed E-state index contributed by atoms with van der Waals surface area (Å²) in [6, 6.07) is 66.7. The lowest BCUT2D eigenvalue weighted by Gasteiger charge is -2.26. The van der Waals surface area contributed by atoms with Crippen molar-refractivity contribution in [1.82, 2.24) is 4.57 Å². The number of hydrogen-bond donors (Lipinski definition) is 0. The molecule has 0 aliphatic carbocycles. The quantitative estimate of drug-likeness (QED) is 0.174. The van der Waals surface area contributed by atoms with E-state index in [1.807, 2.05) is 22.7 Å². The van der Waals surface area contributed by atoms with Gasteiger partial charge in [0.2, 0.25) is 0 Å². The van der Waals surface area contributed by atoms with Crippen LogP contribution >= 0.6 is 22.7 Å². The smallest absolute Gasteiger partial charge is 0.0561 e. The van der Waals surface area contributed by atoms with Gasteiger partial charge in [-0.15, -0.1) is 22.7 Å². The van der Waals surface area contributed by atoms with E-state index in [-0.39, 0.29) is 0 Å². The number of benzene rings is 8. The zero-order valence-corrected chi connectivity index (χ0v) is 29.7. The molecule has 0 bridgehead atoms. The summed E-state index contributed by atoms with van der Waals surface area (Å²) in [6.07, 6.45) is 0. The van der Waals surface area contributed by atoms with E-state index in [1.165, 1.54) is 73.3 Å². The molecule has 8 aromatic carbocycles. The van der Waals surface area contributed by atoms with Crippen molar-refractivity contribution >= 4 is 102 Å². The molecule has 0 saturated carbocycles. The van der Waals surface area contributed by atoms with Gasteiger partial charge in [0.15, 0.2) is 0 Å². The fourth-order valence-electron chi connectivity index (χ4n) is 8.02. The average Bonchev–Trinajstić information content (AvgIpc) is 3.88. The first-order valence-corrected chi connectivity index (χ1v) is 19.2. The monoisotopic (exact) mass is 698 g/mol. The van der Waals surface area contributed by atoms with Crippen LogP contribution in [0.1, 0.15) is 0 Å². The molecule has 0 atom stereocenters. The Kier molecular flexibility index (Phi) is 6.63. The van der Waals surface area contributed by atoms with E-state index < -0.39 is 0 Å². The van der Waals surface area contributed by atoms with Crippen molar-refractivity contribution in [1.29, 1.82) is 0 Å². The minimum Gasteiger partial charge on any atom is -0.310 e. The molecule has 2 nitrogen and oxygen atoms in total. The zero-order valence-electron chi connectivity index (χ0n) is 28.0. The van der Waals surface area contributed by atoms with Crippen LogP contribution in [0.5, 0.6) is 0 Å². The normalized spacial score (nSPS) is 11.8. The van der Waals surface area contributed by atoms with Gasteiger partial charge in [0.05, 0.1) is 11.0 Å². The van der Waals surface area contributed by atoms with Gasteiger partial charge in [0, 0.05) is 73.9 Å². The molecule has 0 spiro atoms. The number of anilines is 3. The molecule has 11 aromatic rings. The highest BCUT2D eigenvalue weighted by molar-refractivity contribution is 7.26. The van der Waals surface area contributed by atoms with Crippen LogP contribution in [0.2, 0.25) is 0 Å². The summed E-state index contributed by atoms with van der Waals surface area (Å²) in [6.45, 7) is 0. The predicted molar refractivity (Wildman–Crippen MR) is 227 cm³/mol. The maximum absolute atomic E-state index is 2.42. The van der Waals surface area contributed by atoms with Crippen molar-refractivity contribution in [2.24, 2.45) is 0 Å². The SMILES string of the molecule is c1ccc(-n2c3ccccc3c3ccc(N(c4ccc(-c5cccc6c5sc5ccccc56)cc4)c4ccc5c(c4)sc4ccccc45)cc32)cc1. The highest BCUT2D eigenvalue weighted by atomic mass is 32.1. The van der Waals surface area contributed by atoms with E-state index in [1.54, 1.807) is 0 Å². The van der Waals surface area contributed by atoms with Gasteiger partial charge in [-0.25, -0.2) is 0 Å². The molecule has 3 aromatic heterocycles. The second-order valence-electron chi connectivity index (χ2n) is 13.3. The topological polar surface area (TPSA) is 8.17 Å².